The number of rotatable bonds is 6. The van der Waals surface area contributed by atoms with Gasteiger partial charge >= 0.3 is 0 Å². The van der Waals surface area contributed by atoms with Gasteiger partial charge in [-0.3, -0.25) is 9.59 Å². The predicted molar refractivity (Wildman–Crippen MR) is 133 cm³/mol. The van der Waals surface area contributed by atoms with E-state index in [1.54, 1.807) is 27.4 Å². The molecule has 3 rings (SSSR count). The highest BCUT2D eigenvalue weighted by Crippen LogP contribution is 2.22. The number of amides is 2. The van der Waals surface area contributed by atoms with Crippen LogP contribution in [0.1, 0.15) is 24.3 Å². The van der Waals surface area contributed by atoms with Gasteiger partial charge in [0.05, 0.1) is 11.4 Å². The number of nitrogens with one attached hydrogen (secondary N) is 1. The summed E-state index contributed by atoms with van der Waals surface area (Å²) in [6, 6.07) is 6.60. The topological polar surface area (TPSA) is 152 Å². The third-order valence-electron chi connectivity index (χ3n) is 4.29. The summed E-state index contributed by atoms with van der Waals surface area (Å²) < 4.78 is 1.72. The molecule has 11 nitrogen and oxygen atoms in total. The Bertz CT molecular complexity index is 1040. The molecule has 1 aliphatic heterocycles. The van der Waals surface area contributed by atoms with Crippen LogP contribution in [0.25, 0.3) is 11.4 Å². The van der Waals surface area contributed by atoms with Crippen molar-refractivity contribution in [2.45, 2.75) is 24.6 Å². The highest BCUT2D eigenvalue weighted by atomic mass is 35.5. The first-order valence-corrected chi connectivity index (χ1v) is 11.5. The van der Waals surface area contributed by atoms with Crippen molar-refractivity contribution in [3.63, 3.8) is 0 Å². The zero-order chi connectivity index (χ0) is 26.2. The fourth-order valence-electron chi connectivity index (χ4n) is 2.83. The smallest absolute Gasteiger partial charge is 0.272 e. The van der Waals surface area contributed by atoms with E-state index in [9.17, 15) is 14.7 Å². The number of hydrogen-bond donors (Lipinski definition) is 4. The quantitative estimate of drug-likeness (QED) is 0.138. The molecule has 0 bridgehead atoms. The molecule has 4 N–H and O–H groups in total. The molecule has 0 saturated carbocycles. The first-order valence-electron chi connectivity index (χ1n) is 10.4. The Labute approximate surface area is 213 Å². The Hall–Kier alpha value is -2.55. The Morgan fingerprint density at radius 3 is 2.37 bits per heavy atom. The minimum absolute atomic E-state index is 0.105. The minimum Gasteiger partial charge on any atom is -0.372 e. The minimum atomic E-state index is -2.25. The molecule has 1 aliphatic rings. The molecule has 186 valence electrons. The summed E-state index contributed by atoms with van der Waals surface area (Å²) in [5, 5.41) is 28.0. The second kappa shape index (κ2) is 12.4. The molecule has 14 heteroatoms. The molecule has 0 atom stereocenters. The summed E-state index contributed by atoms with van der Waals surface area (Å²) in [4.78, 5) is 36.8. The molecule has 2 amide bonds. The monoisotopic (exact) mass is 520 g/mol. The highest BCUT2D eigenvalue weighted by molar-refractivity contribution is 7.99. The highest BCUT2D eigenvalue weighted by Gasteiger charge is 2.25. The van der Waals surface area contributed by atoms with Gasteiger partial charge in [-0.05, 0) is 50.1 Å². The molecule has 0 unspecified atom stereocenters. The van der Waals surface area contributed by atoms with Crippen LogP contribution in [-0.4, -0.2) is 96.1 Å². The Kier molecular flexibility index (Phi) is 10.2. The molecular weight excluding hydrogens is 495 g/mol. The summed E-state index contributed by atoms with van der Waals surface area (Å²) in [7, 11) is 5.02. The Balaban J connectivity index is 0.000000258. The first kappa shape index (κ1) is 28.7. The molecular formula is C21H26BClN6O5S. The number of aliphatic hydroxyl groups is 3. The lowest BCUT2D eigenvalue weighted by molar-refractivity contribution is -0.127. The normalized spacial score (nSPS) is 14.5. The van der Waals surface area contributed by atoms with E-state index in [2.05, 4.69) is 26.8 Å². The van der Waals surface area contributed by atoms with Gasteiger partial charge in [-0.25, -0.2) is 19.3 Å². The Morgan fingerprint density at radius 2 is 1.83 bits per heavy atom. The van der Waals surface area contributed by atoms with Gasteiger partial charge in [0.15, 0.2) is 12.9 Å². The number of halogens is 1. The van der Waals surface area contributed by atoms with Crippen molar-refractivity contribution in [1.29, 1.82) is 0 Å². The number of piperazine rings is 1. The van der Waals surface area contributed by atoms with E-state index in [1.165, 1.54) is 32.3 Å². The molecule has 35 heavy (non-hydrogen) atoms. The molecule has 1 fully saturated rings. The number of aromatic nitrogens is 3. The summed E-state index contributed by atoms with van der Waals surface area (Å²) in [6.07, 6.45) is 2.53. The summed E-state index contributed by atoms with van der Waals surface area (Å²) >= 11 is 6.57. The molecule has 0 spiro atoms. The molecule has 0 aromatic carbocycles. The Morgan fingerprint density at radius 1 is 1.17 bits per heavy atom. The maximum absolute atomic E-state index is 11.9. The van der Waals surface area contributed by atoms with Crippen LogP contribution in [0.4, 0.5) is 0 Å². The molecule has 2 radical (unpaired) electrons. The van der Waals surface area contributed by atoms with E-state index in [0.717, 1.165) is 11.9 Å². The maximum atomic E-state index is 11.9. The van der Waals surface area contributed by atoms with E-state index in [4.69, 9.17) is 29.7 Å². The van der Waals surface area contributed by atoms with Gasteiger partial charge in [0.2, 0.25) is 5.91 Å². The number of carbonyl (C=O) groups excluding carboxylic acids is 2. The van der Waals surface area contributed by atoms with Gasteiger partial charge in [0, 0.05) is 26.2 Å². The predicted octanol–water partition coefficient (Wildman–Crippen LogP) is 0.379. The number of carbonyl (C=O) groups is 2. The molecule has 0 aliphatic carbocycles. The lowest BCUT2D eigenvalue weighted by atomic mass is 10.1. The largest absolute Gasteiger partial charge is 0.372 e. The van der Waals surface area contributed by atoms with Crippen LogP contribution in [-0.2, 0) is 4.79 Å². The number of pyridine rings is 1. The van der Waals surface area contributed by atoms with Gasteiger partial charge in [0.25, 0.3) is 5.91 Å². The third-order valence-corrected chi connectivity index (χ3v) is 5.39. The zero-order valence-electron chi connectivity index (χ0n) is 19.3. The van der Waals surface area contributed by atoms with Gasteiger partial charge in [-0.15, -0.1) is 0 Å². The number of hydrogen-bond acceptors (Lipinski definition) is 10. The van der Waals surface area contributed by atoms with Crippen LogP contribution in [0.5, 0.6) is 0 Å². The summed E-state index contributed by atoms with van der Waals surface area (Å²) in [5.41, 5.74) is -0.171. The summed E-state index contributed by atoms with van der Waals surface area (Å²) in [6.45, 7) is 8.50. The number of nitrogens with zero attached hydrogens (tertiary/aromatic N) is 5. The van der Waals surface area contributed by atoms with Crippen molar-refractivity contribution in [3.05, 3.63) is 54.1 Å². The SMILES string of the molecule is CC(C)(O)NC(=O)c1cc(-c2cccc(Cl)n2)ncn1.[B]C(O)(O)SN1CCN(C(=O)C=C)CC1. The van der Waals surface area contributed by atoms with Crippen molar-refractivity contribution in [2.24, 2.45) is 0 Å². The average Bonchev–Trinajstić information content (AvgIpc) is 2.77. The second-order valence-corrected chi connectivity index (χ2v) is 9.54. The van der Waals surface area contributed by atoms with Crippen molar-refractivity contribution < 1.29 is 24.9 Å². The van der Waals surface area contributed by atoms with Crippen molar-refractivity contribution in [3.8, 4) is 11.4 Å². The average molecular weight is 521 g/mol. The third kappa shape index (κ3) is 10.3. The molecule has 2 aromatic heterocycles. The van der Waals surface area contributed by atoms with Gasteiger partial charge in [-0.1, -0.05) is 24.2 Å². The van der Waals surface area contributed by atoms with Crippen molar-refractivity contribution in [2.75, 3.05) is 26.2 Å². The van der Waals surface area contributed by atoms with Crippen LogP contribution in [0.3, 0.4) is 0 Å². The van der Waals surface area contributed by atoms with Crippen molar-refractivity contribution in [1.82, 2.24) is 29.5 Å². The second-order valence-electron chi connectivity index (χ2n) is 7.86. The fraction of sp³-hybridized carbons (Fsp3) is 0.381. The van der Waals surface area contributed by atoms with Crippen LogP contribution in [0.2, 0.25) is 5.15 Å². The van der Waals surface area contributed by atoms with E-state index < -0.39 is 16.7 Å². The lowest BCUT2D eigenvalue weighted by Crippen LogP contribution is -2.47. The van der Waals surface area contributed by atoms with Gasteiger partial charge < -0.3 is 25.5 Å². The lowest BCUT2D eigenvalue weighted by Gasteiger charge is -2.35. The van der Waals surface area contributed by atoms with Crippen LogP contribution in [0.15, 0.2) is 43.2 Å². The molecule has 3 heterocycles. The zero-order valence-corrected chi connectivity index (χ0v) is 20.8. The van der Waals surface area contributed by atoms with E-state index in [-0.39, 0.29) is 11.6 Å². The van der Waals surface area contributed by atoms with Crippen LogP contribution < -0.4 is 5.32 Å². The standard InChI is InChI=1S/C13H13ClN4O2.C8H13BN2O3S/c1-13(2,20)18-12(19)10-6-9(15-7-16-10)8-4-3-5-11(14)17-8;1-2-7(12)10-3-5-11(6-4-10)15-8(9,13)14/h3-7,20H,1-2H3,(H,18,19);2,13-14H,1,3-6H2. The van der Waals surface area contributed by atoms with Crippen LogP contribution >= 0.6 is 23.5 Å². The van der Waals surface area contributed by atoms with E-state index in [0.29, 0.717) is 42.7 Å². The van der Waals surface area contributed by atoms with Gasteiger partial charge in [-0.2, -0.15) is 0 Å². The molecule has 1 saturated heterocycles. The van der Waals surface area contributed by atoms with Crippen molar-refractivity contribution >= 4 is 43.2 Å². The van der Waals surface area contributed by atoms with E-state index in [1.807, 2.05) is 0 Å². The summed E-state index contributed by atoms with van der Waals surface area (Å²) in [5.74, 6) is -0.602. The fourth-order valence-corrected chi connectivity index (χ4v) is 3.72. The van der Waals surface area contributed by atoms with Gasteiger partial charge in [0.1, 0.15) is 22.9 Å². The first-order chi connectivity index (χ1) is 16.3. The van der Waals surface area contributed by atoms with E-state index >= 15 is 0 Å². The maximum Gasteiger partial charge on any atom is 0.272 e. The van der Waals surface area contributed by atoms with Crippen LogP contribution in [0, 0.1) is 0 Å². The molecule has 2 aromatic rings.